The summed E-state index contributed by atoms with van der Waals surface area (Å²) in [4.78, 5) is 0. The van der Waals surface area contributed by atoms with Gasteiger partial charge in [0.25, 0.3) is 0 Å². The van der Waals surface area contributed by atoms with Crippen LogP contribution in [0, 0.1) is 11.8 Å². The first-order chi connectivity index (χ1) is 10.5. The van der Waals surface area contributed by atoms with Crippen LogP contribution in [0.4, 0.5) is 0 Å². The molecule has 0 amide bonds. The fraction of sp³-hybridized carbons (Fsp3) is 0.700. The van der Waals surface area contributed by atoms with Gasteiger partial charge in [0, 0.05) is 6.42 Å². The number of aliphatic hydroxyl groups is 3. The van der Waals surface area contributed by atoms with Crippen LogP contribution in [0.15, 0.2) is 36.0 Å². The van der Waals surface area contributed by atoms with E-state index in [0.717, 1.165) is 12.0 Å². The molecule has 0 aromatic heterocycles. The summed E-state index contributed by atoms with van der Waals surface area (Å²) in [5, 5.41) is 31.2. The van der Waals surface area contributed by atoms with Gasteiger partial charge in [0.2, 0.25) is 0 Å². The molecule has 132 valence electrons. The molecule has 1 aliphatic carbocycles. The summed E-state index contributed by atoms with van der Waals surface area (Å²) >= 11 is 0. The van der Waals surface area contributed by atoms with Crippen molar-refractivity contribution in [2.24, 2.45) is 11.8 Å². The summed E-state index contributed by atoms with van der Waals surface area (Å²) in [6.45, 7) is 9.82. The Morgan fingerprint density at radius 1 is 1.13 bits per heavy atom. The van der Waals surface area contributed by atoms with Crippen LogP contribution in [-0.4, -0.2) is 32.6 Å². The summed E-state index contributed by atoms with van der Waals surface area (Å²) in [6, 6.07) is 0. The Labute approximate surface area is 141 Å². The molecule has 0 heterocycles. The van der Waals surface area contributed by atoms with E-state index in [0.29, 0.717) is 24.7 Å². The van der Waals surface area contributed by atoms with Crippen molar-refractivity contribution in [3.05, 3.63) is 36.0 Å². The van der Waals surface area contributed by atoms with Gasteiger partial charge in [-0.05, 0) is 51.9 Å². The minimum Gasteiger partial charge on any atom is -0.389 e. The molecule has 3 nitrogen and oxygen atoms in total. The summed E-state index contributed by atoms with van der Waals surface area (Å²) in [6.07, 6.45) is 11.3. The van der Waals surface area contributed by atoms with E-state index in [4.69, 9.17) is 0 Å². The van der Waals surface area contributed by atoms with Crippen LogP contribution in [0.25, 0.3) is 0 Å². The van der Waals surface area contributed by atoms with E-state index >= 15 is 0 Å². The summed E-state index contributed by atoms with van der Waals surface area (Å²) in [7, 11) is 0. The third-order valence-corrected chi connectivity index (χ3v) is 4.56. The largest absolute Gasteiger partial charge is 0.389 e. The lowest BCUT2D eigenvalue weighted by Crippen LogP contribution is -2.28. The first-order valence-electron chi connectivity index (χ1n) is 8.68. The predicted octanol–water partition coefficient (Wildman–Crippen LogP) is 3.75. The second-order valence-corrected chi connectivity index (χ2v) is 7.91. The maximum Gasteiger partial charge on any atom is 0.0827 e. The van der Waals surface area contributed by atoms with Crippen molar-refractivity contribution in [2.45, 2.75) is 77.6 Å². The molecule has 3 N–H and O–H groups in total. The van der Waals surface area contributed by atoms with Gasteiger partial charge < -0.3 is 15.3 Å². The van der Waals surface area contributed by atoms with E-state index in [9.17, 15) is 15.3 Å². The Balaban J connectivity index is 3.06. The van der Waals surface area contributed by atoms with Gasteiger partial charge in [0.1, 0.15) is 0 Å². The molecule has 4 atom stereocenters. The molecule has 0 aromatic carbocycles. The van der Waals surface area contributed by atoms with Gasteiger partial charge in [-0.3, -0.25) is 0 Å². The van der Waals surface area contributed by atoms with E-state index in [2.05, 4.69) is 13.8 Å². The number of allylic oxidation sites excluding steroid dienone is 3. The first kappa shape index (κ1) is 20.1. The minimum absolute atomic E-state index is 0.285. The van der Waals surface area contributed by atoms with E-state index in [1.807, 2.05) is 32.1 Å². The Hall–Kier alpha value is -0.900. The minimum atomic E-state index is -1.04. The molecule has 1 rings (SSSR count). The number of hydrogen-bond donors (Lipinski definition) is 3. The van der Waals surface area contributed by atoms with Gasteiger partial charge in [0.15, 0.2) is 0 Å². The van der Waals surface area contributed by atoms with Crippen molar-refractivity contribution < 1.29 is 15.3 Å². The molecule has 0 fully saturated rings. The molecule has 3 heteroatoms. The zero-order valence-corrected chi connectivity index (χ0v) is 15.3. The lowest BCUT2D eigenvalue weighted by atomic mass is 9.84. The van der Waals surface area contributed by atoms with Crippen molar-refractivity contribution in [2.75, 3.05) is 0 Å². The van der Waals surface area contributed by atoms with Crippen molar-refractivity contribution in [1.29, 1.82) is 0 Å². The molecule has 0 aromatic rings. The predicted molar refractivity (Wildman–Crippen MR) is 96.1 cm³/mol. The fourth-order valence-electron chi connectivity index (χ4n) is 2.97. The average Bonchev–Trinajstić information content (AvgIpc) is 2.35. The molecular weight excluding hydrogens is 288 g/mol. The molecule has 0 aliphatic heterocycles. The second kappa shape index (κ2) is 8.27. The fourth-order valence-corrected chi connectivity index (χ4v) is 2.97. The molecule has 0 saturated carbocycles. The monoisotopic (exact) mass is 322 g/mol. The van der Waals surface area contributed by atoms with Crippen LogP contribution >= 0.6 is 0 Å². The topological polar surface area (TPSA) is 60.7 Å². The van der Waals surface area contributed by atoms with E-state index in [1.54, 1.807) is 19.1 Å². The molecule has 23 heavy (non-hydrogen) atoms. The van der Waals surface area contributed by atoms with Gasteiger partial charge >= 0.3 is 0 Å². The van der Waals surface area contributed by atoms with Gasteiger partial charge in [0.05, 0.1) is 17.3 Å². The lowest BCUT2D eigenvalue weighted by molar-refractivity contribution is 0.0563. The highest BCUT2D eigenvalue weighted by Gasteiger charge is 2.24. The molecule has 0 bridgehead atoms. The zero-order valence-electron chi connectivity index (χ0n) is 15.3. The average molecular weight is 322 g/mol. The van der Waals surface area contributed by atoms with Crippen LogP contribution in [0.2, 0.25) is 0 Å². The van der Waals surface area contributed by atoms with Crippen LogP contribution in [-0.2, 0) is 0 Å². The summed E-state index contributed by atoms with van der Waals surface area (Å²) < 4.78 is 0. The number of aliphatic hydroxyl groups excluding tert-OH is 1. The summed E-state index contributed by atoms with van der Waals surface area (Å²) in [5.41, 5.74) is -0.834. The van der Waals surface area contributed by atoms with E-state index < -0.39 is 17.3 Å². The highest BCUT2D eigenvalue weighted by Crippen LogP contribution is 2.27. The third-order valence-electron chi connectivity index (χ3n) is 4.56. The van der Waals surface area contributed by atoms with Gasteiger partial charge in [-0.1, -0.05) is 49.8 Å². The van der Waals surface area contributed by atoms with Crippen LogP contribution in [0.5, 0.6) is 0 Å². The maximum absolute atomic E-state index is 10.5. The standard InChI is InChI=1S/C20H34O3/c1-15(2)17-8-11-19(4,22)10-6-7-16(3)13-18(21)14-20(5,23)12-9-17/h6,9-10,12-13,15,17-18,21-23H,7-8,11,14H2,1-5H3/b10-6+,12-9+,16-13+/t17-,18+,19+,20-/m1/s1. The van der Waals surface area contributed by atoms with Crippen LogP contribution in [0.3, 0.4) is 0 Å². The Kier molecular flexibility index (Phi) is 7.25. The van der Waals surface area contributed by atoms with E-state index in [1.165, 1.54) is 0 Å². The third kappa shape index (κ3) is 7.96. The van der Waals surface area contributed by atoms with Gasteiger partial charge in [-0.15, -0.1) is 0 Å². The molecular formula is C20H34O3. The lowest BCUT2D eigenvalue weighted by Gasteiger charge is -2.26. The van der Waals surface area contributed by atoms with Crippen molar-refractivity contribution in [3.8, 4) is 0 Å². The summed E-state index contributed by atoms with van der Waals surface area (Å²) in [5.74, 6) is 0.723. The molecule has 0 spiro atoms. The smallest absolute Gasteiger partial charge is 0.0827 e. The van der Waals surface area contributed by atoms with E-state index in [-0.39, 0.29) is 6.42 Å². The van der Waals surface area contributed by atoms with Crippen molar-refractivity contribution in [3.63, 3.8) is 0 Å². The highest BCUT2D eigenvalue weighted by atomic mass is 16.3. The molecule has 0 unspecified atom stereocenters. The SMILES string of the molecule is C/C1=C\[C@H](O)C[C@](C)(O)/C=C/[C@H](C(C)C)CC[C@@](C)(O)/C=C/C1. The second-order valence-electron chi connectivity index (χ2n) is 7.91. The maximum atomic E-state index is 10.5. The molecule has 0 radical (unpaired) electrons. The van der Waals surface area contributed by atoms with Crippen molar-refractivity contribution in [1.82, 2.24) is 0 Å². The number of hydrogen-bond acceptors (Lipinski definition) is 3. The Bertz CT molecular complexity index is 456. The molecule has 1 aliphatic rings. The normalized spacial score (nSPS) is 42.6. The number of rotatable bonds is 1. The highest BCUT2D eigenvalue weighted by molar-refractivity contribution is 5.12. The first-order valence-corrected chi connectivity index (χ1v) is 8.68. The Morgan fingerprint density at radius 2 is 1.78 bits per heavy atom. The zero-order chi connectivity index (χ0) is 17.7. The van der Waals surface area contributed by atoms with Gasteiger partial charge in [-0.2, -0.15) is 0 Å². The quantitative estimate of drug-likeness (QED) is 0.644. The van der Waals surface area contributed by atoms with Gasteiger partial charge in [-0.25, -0.2) is 0 Å². The van der Waals surface area contributed by atoms with Crippen LogP contribution in [0.1, 0.15) is 60.3 Å². The molecule has 0 saturated heterocycles. The van der Waals surface area contributed by atoms with Crippen molar-refractivity contribution >= 4 is 0 Å². The van der Waals surface area contributed by atoms with Crippen LogP contribution < -0.4 is 0 Å². The Morgan fingerprint density at radius 3 is 2.39 bits per heavy atom.